The maximum atomic E-state index is 6.35. The Morgan fingerprint density at radius 1 is 1.40 bits per heavy atom. The lowest BCUT2D eigenvalue weighted by atomic mass is 10.1. The van der Waals surface area contributed by atoms with Crippen molar-refractivity contribution < 1.29 is 0 Å². The zero-order chi connectivity index (χ0) is 13.9. The highest BCUT2D eigenvalue weighted by Crippen LogP contribution is 2.36. The molecular formula is C16H19N3S. The average Bonchev–Trinajstić information content (AvgIpc) is 3.10. The maximum Gasteiger partial charge on any atom is 0.142 e. The molecule has 4 heteroatoms. The van der Waals surface area contributed by atoms with Gasteiger partial charge in [-0.1, -0.05) is 36.4 Å². The minimum Gasteiger partial charge on any atom is -0.384 e. The highest BCUT2D eigenvalue weighted by molar-refractivity contribution is 7.99. The van der Waals surface area contributed by atoms with Crippen LogP contribution >= 0.6 is 11.8 Å². The van der Waals surface area contributed by atoms with E-state index in [9.17, 15) is 0 Å². The molecule has 0 spiro atoms. The van der Waals surface area contributed by atoms with Crippen LogP contribution in [0.2, 0.25) is 0 Å². The quantitative estimate of drug-likeness (QED) is 0.874. The molecule has 104 valence electrons. The van der Waals surface area contributed by atoms with Crippen molar-refractivity contribution >= 4 is 17.6 Å². The molecule has 0 bridgehead atoms. The summed E-state index contributed by atoms with van der Waals surface area (Å²) in [5.74, 6) is 4.59. The van der Waals surface area contributed by atoms with Gasteiger partial charge in [0.1, 0.15) is 11.6 Å². The zero-order valence-corrected chi connectivity index (χ0v) is 12.3. The summed E-state index contributed by atoms with van der Waals surface area (Å²) in [4.78, 5) is 4.86. The Hall–Kier alpha value is -1.68. The molecule has 2 aromatic rings. The summed E-state index contributed by atoms with van der Waals surface area (Å²) in [6, 6.07) is 10.2. The predicted octanol–water partition coefficient (Wildman–Crippen LogP) is 3.54. The molecule has 1 atom stereocenters. The van der Waals surface area contributed by atoms with Gasteiger partial charge in [0.2, 0.25) is 0 Å². The van der Waals surface area contributed by atoms with Crippen molar-refractivity contribution in [2.24, 2.45) is 0 Å². The number of anilines is 1. The van der Waals surface area contributed by atoms with Gasteiger partial charge in [0, 0.05) is 23.8 Å². The summed E-state index contributed by atoms with van der Waals surface area (Å²) >= 11 is 1.99. The van der Waals surface area contributed by atoms with Gasteiger partial charge >= 0.3 is 0 Å². The second-order valence-corrected chi connectivity index (χ2v) is 6.18. The topological polar surface area (TPSA) is 43.8 Å². The Labute approximate surface area is 123 Å². The van der Waals surface area contributed by atoms with Gasteiger partial charge in [-0.3, -0.25) is 0 Å². The van der Waals surface area contributed by atoms with Crippen molar-refractivity contribution in [2.45, 2.75) is 18.9 Å². The van der Waals surface area contributed by atoms with E-state index >= 15 is 0 Å². The number of nitrogens with two attached hydrogens (primary N) is 1. The van der Waals surface area contributed by atoms with E-state index in [0.29, 0.717) is 12.5 Å². The smallest absolute Gasteiger partial charge is 0.142 e. The number of aromatic nitrogens is 2. The molecule has 1 aliphatic heterocycles. The average molecular weight is 285 g/mol. The first-order valence-corrected chi connectivity index (χ1v) is 8.06. The zero-order valence-electron chi connectivity index (χ0n) is 11.5. The molecule has 1 aromatic heterocycles. The fraction of sp³-hybridized carbons (Fsp3) is 0.312. The van der Waals surface area contributed by atoms with E-state index in [0.717, 1.165) is 28.7 Å². The Balaban J connectivity index is 2.08. The van der Waals surface area contributed by atoms with Gasteiger partial charge in [0.15, 0.2) is 0 Å². The fourth-order valence-corrected chi connectivity index (χ4v) is 3.88. The fourth-order valence-electron chi connectivity index (χ4n) is 2.66. The Kier molecular flexibility index (Phi) is 3.83. The summed E-state index contributed by atoms with van der Waals surface area (Å²) in [6.07, 6.45) is 3.05. The first-order valence-electron chi connectivity index (χ1n) is 6.91. The second kappa shape index (κ2) is 5.75. The van der Waals surface area contributed by atoms with Crippen LogP contribution in [-0.2, 0) is 6.54 Å². The van der Waals surface area contributed by atoms with Crippen LogP contribution < -0.4 is 5.73 Å². The molecule has 0 radical (unpaired) electrons. The monoisotopic (exact) mass is 285 g/mol. The molecule has 0 aliphatic carbocycles. The first-order chi connectivity index (χ1) is 9.81. The van der Waals surface area contributed by atoms with Crippen molar-refractivity contribution in [3.63, 3.8) is 0 Å². The van der Waals surface area contributed by atoms with Gasteiger partial charge in [-0.2, -0.15) is 11.8 Å². The number of hydrogen-bond donors (Lipinski definition) is 1. The normalized spacial score (nSPS) is 18.3. The van der Waals surface area contributed by atoms with Crippen molar-refractivity contribution in [3.05, 3.63) is 48.7 Å². The molecule has 1 unspecified atom stereocenters. The number of imidazole rings is 1. The van der Waals surface area contributed by atoms with Crippen molar-refractivity contribution in [1.29, 1.82) is 0 Å². The molecule has 1 saturated heterocycles. The summed E-state index contributed by atoms with van der Waals surface area (Å²) in [5, 5.41) is 0. The lowest BCUT2D eigenvalue weighted by Crippen LogP contribution is -2.06. The van der Waals surface area contributed by atoms with Gasteiger partial charge in [-0.05, 0) is 12.2 Å². The molecule has 2 N–H and O–H groups in total. The molecule has 0 saturated carbocycles. The Morgan fingerprint density at radius 2 is 2.20 bits per heavy atom. The van der Waals surface area contributed by atoms with E-state index in [1.807, 2.05) is 36.0 Å². The number of nitrogens with zero attached hydrogens (tertiary/aromatic N) is 2. The Morgan fingerprint density at radius 3 is 2.85 bits per heavy atom. The number of rotatable bonds is 4. The van der Waals surface area contributed by atoms with Crippen molar-refractivity contribution in [2.75, 3.05) is 17.2 Å². The largest absolute Gasteiger partial charge is 0.384 e. The number of hydrogen-bond acceptors (Lipinski definition) is 3. The summed E-state index contributed by atoms with van der Waals surface area (Å²) in [6.45, 7) is 4.53. The summed E-state index contributed by atoms with van der Waals surface area (Å²) in [7, 11) is 0. The molecule has 1 aromatic carbocycles. The minimum absolute atomic E-state index is 0.494. The number of thioether (sulfide) groups is 1. The molecule has 3 rings (SSSR count). The second-order valence-electron chi connectivity index (χ2n) is 5.03. The van der Waals surface area contributed by atoms with E-state index in [2.05, 4.69) is 23.3 Å². The molecule has 1 aliphatic rings. The van der Waals surface area contributed by atoms with Crippen LogP contribution in [0.4, 0.5) is 5.82 Å². The van der Waals surface area contributed by atoms with E-state index < -0.39 is 0 Å². The van der Waals surface area contributed by atoms with Crippen LogP contribution in [0.3, 0.4) is 0 Å². The Bertz CT molecular complexity index is 598. The van der Waals surface area contributed by atoms with E-state index in [4.69, 9.17) is 10.7 Å². The van der Waals surface area contributed by atoms with E-state index in [-0.39, 0.29) is 0 Å². The van der Waals surface area contributed by atoms with Crippen LogP contribution in [0, 0.1) is 0 Å². The van der Waals surface area contributed by atoms with Crippen LogP contribution in [0.15, 0.2) is 43.0 Å². The molecule has 20 heavy (non-hydrogen) atoms. The molecule has 3 nitrogen and oxygen atoms in total. The SMILES string of the molecule is C=CCn1c(-c2ccccc2)nc(C2CCSC2)c1N. The molecular weight excluding hydrogens is 266 g/mol. The highest BCUT2D eigenvalue weighted by Gasteiger charge is 2.25. The number of allylic oxidation sites excluding steroid dienone is 1. The summed E-state index contributed by atoms with van der Waals surface area (Å²) < 4.78 is 2.07. The van der Waals surface area contributed by atoms with Crippen molar-refractivity contribution in [3.8, 4) is 11.4 Å². The standard InChI is InChI=1S/C16H19N3S/c1-2-9-19-15(17)14(13-8-10-20-11-13)18-16(19)12-6-4-3-5-7-12/h2-7,13H,1,8-11,17H2. The number of nitrogen functional groups attached to an aromatic ring is 1. The van der Waals surface area contributed by atoms with Crippen LogP contribution in [0.25, 0.3) is 11.4 Å². The lowest BCUT2D eigenvalue weighted by molar-refractivity contribution is 0.759. The third kappa shape index (κ3) is 2.36. The number of benzene rings is 1. The highest BCUT2D eigenvalue weighted by atomic mass is 32.2. The third-order valence-electron chi connectivity index (χ3n) is 3.70. The van der Waals surface area contributed by atoms with Gasteiger partial charge < -0.3 is 10.3 Å². The molecule has 0 amide bonds. The first kappa shape index (κ1) is 13.3. The van der Waals surface area contributed by atoms with Crippen LogP contribution in [0.1, 0.15) is 18.0 Å². The lowest BCUT2D eigenvalue weighted by Gasteiger charge is -2.08. The summed E-state index contributed by atoms with van der Waals surface area (Å²) in [5.41, 5.74) is 8.53. The minimum atomic E-state index is 0.494. The predicted molar refractivity (Wildman–Crippen MR) is 87.0 cm³/mol. The maximum absolute atomic E-state index is 6.35. The van der Waals surface area contributed by atoms with Gasteiger partial charge in [-0.15, -0.1) is 6.58 Å². The van der Waals surface area contributed by atoms with Gasteiger partial charge in [0.05, 0.1) is 5.69 Å². The van der Waals surface area contributed by atoms with E-state index in [1.165, 1.54) is 12.2 Å². The third-order valence-corrected chi connectivity index (χ3v) is 4.86. The molecule has 1 fully saturated rings. The van der Waals surface area contributed by atoms with Gasteiger partial charge in [0.25, 0.3) is 0 Å². The van der Waals surface area contributed by atoms with Crippen LogP contribution in [0.5, 0.6) is 0 Å². The molecule has 2 heterocycles. The van der Waals surface area contributed by atoms with E-state index in [1.54, 1.807) is 0 Å². The van der Waals surface area contributed by atoms with Crippen molar-refractivity contribution in [1.82, 2.24) is 9.55 Å². The van der Waals surface area contributed by atoms with Crippen LogP contribution in [-0.4, -0.2) is 21.1 Å². The van der Waals surface area contributed by atoms with Gasteiger partial charge in [-0.25, -0.2) is 4.98 Å².